The molecule has 3 heteroatoms. The Kier molecular flexibility index (Phi) is 5.93. The second kappa shape index (κ2) is 7.46. The molecular weight excluding hydrogens is 222 g/mol. The second-order valence-electron chi connectivity index (χ2n) is 6.05. The number of nitrogens with zero attached hydrogens (tertiary/aromatic N) is 2. The molecule has 106 valence electrons. The van der Waals surface area contributed by atoms with Gasteiger partial charge < -0.3 is 5.32 Å². The summed E-state index contributed by atoms with van der Waals surface area (Å²) >= 11 is 0. The molecule has 2 fully saturated rings. The molecule has 2 aliphatic rings. The van der Waals surface area contributed by atoms with Gasteiger partial charge in [0.1, 0.15) is 0 Å². The van der Waals surface area contributed by atoms with E-state index >= 15 is 0 Å². The summed E-state index contributed by atoms with van der Waals surface area (Å²) in [6.07, 6.45) is 6.95. The molecule has 0 bridgehead atoms. The van der Waals surface area contributed by atoms with Crippen LogP contribution in [0.4, 0.5) is 0 Å². The van der Waals surface area contributed by atoms with E-state index in [4.69, 9.17) is 0 Å². The first-order chi connectivity index (χ1) is 8.81. The van der Waals surface area contributed by atoms with Crippen molar-refractivity contribution in [1.82, 2.24) is 15.1 Å². The van der Waals surface area contributed by atoms with Gasteiger partial charge in [-0.3, -0.25) is 9.80 Å². The molecule has 3 nitrogen and oxygen atoms in total. The highest BCUT2D eigenvalue weighted by Crippen LogP contribution is 2.24. The minimum absolute atomic E-state index is 0.771. The number of unbranched alkanes of at least 4 members (excludes halogenated alkanes) is 2. The Morgan fingerprint density at radius 3 is 2.89 bits per heavy atom. The molecule has 2 aliphatic heterocycles. The predicted octanol–water partition coefficient (Wildman–Crippen LogP) is 1.93. The smallest absolute Gasteiger partial charge is 0.0224 e. The lowest BCUT2D eigenvalue weighted by Gasteiger charge is -2.42. The van der Waals surface area contributed by atoms with E-state index in [0.29, 0.717) is 0 Å². The summed E-state index contributed by atoms with van der Waals surface area (Å²) in [5, 5.41) is 3.41. The molecular formula is C15H31N3. The van der Waals surface area contributed by atoms with Gasteiger partial charge in [0.2, 0.25) is 0 Å². The number of hydrogen-bond donors (Lipinski definition) is 1. The molecule has 0 aromatic rings. The van der Waals surface area contributed by atoms with Crippen molar-refractivity contribution in [3.63, 3.8) is 0 Å². The molecule has 2 saturated heterocycles. The topological polar surface area (TPSA) is 18.5 Å². The van der Waals surface area contributed by atoms with E-state index in [1.807, 2.05) is 0 Å². The van der Waals surface area contributed by atoms with E-state index in [2.05, 4.69) is 29.0 Å². The maximum absolute atomic E-state index is 3.41. The van der Waals surface area contributed by atoms with Crippen molar-refractivity contribution < 1.29 is 0 Å². The van der Waals surface area contributed by atoms with Gasteiger partial charge in [0.15, 0.2) is 0 Å². The lowest BCUT2D eigenvalue weighted by atomic mass is 10.1. The van der Waals surface area contributed by atoms with E-state index in [9.17, 15) is 0 Å². The van der Waals surface area contributed by atoms with Crippen LogP contribution >= 0.6 is 0 Å². The summed E-state index contributed by atoms with van der Waals surface area (Å²) in [5.74, 6) is 0. The molecule has 0 saturated carbocycles. The second-order valence-corrected chi connectivity index (χ2v) is 6.05. The van der Waals surface area contributed by atoms with Gasteiger partial charge in [0.25, 0.3) is 0 Å². The van der Waals surface area contributed by atoms with E-state index < -0.39 is 0 Å². The molecule has 0 aromatic heterocycles. The van der Waals surface area contributed by atoms with Gasteiger partial charge >= 0.3 is 0 Å². The number of fused-ring (bicyclic) bond motifs is 1. The van der Waals surface area contributed by atoms with Gasteiger partial charge in [0, 0.05) is 25.2 Å². The normalized spacial score (nSPS) is 29.7. The fraction of sp³-hybridized carbons (Fsp3) is 1.00. The lowest BCUT2D eigenvalue weighted by Crippen LogP contribution is -2.54. The van der Waals surface area contributed by atoms with Crippen LogP contribution in [-0.2, 0) is 0 Å². The van der Waals surface area contributed by atoms with Crippen LogP contribution in [0.5, 0.6) is 0 Å². The largest absolute Gasteiger partial charge is 0.317 e. The summed E-state index contributed by atoms with van der Waals surface area (Å²) in [4.78, 5) is 5.45. The fourth-order valence-corrected chi connectivity index (χ4v) is 3.48. The molecule has 0 aromatic carbocycles. The molecule has 0 aliphatic carbocycles. The zero-order valence-corrected chi connectivity index (χ0v) is 12.3. The minimum Gasteiger partial charge on any atom is -0.317 e. The third-order valence-electron chi connectivity index (χ3n) is 4.62. The van der Waals surface area contributed by atoms with Crippen molar-refractivity contribution in [2.24, 2.45) is 0 Å². The quantitative estimate of drug-likeness (QED) is 0.700. The molecule has 18 heavy (non-hydrogen) atoms. The number of hydrogen-bond acceptors (Lipinski definition) is 3. The van der Waals surface area contributed by atoms with Gasteiger partial charge in [-0.05, 0) is 58.8 Å². The van der Waals surface area contributed by atoms with Crippen LogP contribution < -0.4 is 5.32 Å². The molecule has 2 unspecified atom stereocenters. The standard InChI is InChI=1S/C15H31N3/c1-3-16-9-5-4-6-10-17-13-15-8-7-11-18(15)12-14(17)2/h14-16H,3-13H2,1-2H3. The maximum atomic E-state index is 3.41. The highest BCUT2D eigenvalue weighted by atomic mass is 15.3. The van der Waals surface area contributed by atoms with Gasteiger partial charge in [0.05, 0.1) is 0 Å². The van der Waals surface area contributed by atoms with Crippen LogP contribution in [0.1, 0.15) is 46.0 Å². The lowest BCUT2D eigenvalue weighted by molar-refractivity contribution is 0.0583. The van der Waals surface area contributed by atoms with Crippen LogP contribution in [0.15, 0.2) is 0 Å². The number of nitrogens with one attached hydrogen (secondary N) is 1. The van der Waals surface area contributed by atoms with Crippen LogP contribution in [-0.4, -0.2) is 61.2 Å². The first-order valence-electron chi connectivity index (χ1n) is 8.00. The minimum atomic E-state index is 0.771. The molecule has 1 N–H and O–H groups in total. The Morgan fingerprint density at radius 1 is 1.17 bits per heavy atom. The van der Waals surface area contributed by atoms with Crippen molar-refractivity contribution in [2.75, 3.05) is 39.3 Å². The molecule has 0 amide bonds. The van der Waals surface area contributed by atoms with Gasteiger partial charge in [-0.25, -0.2) is 0 Å². The van der Waals surface area contributed by atoms with Crippen LogP contribution in [0.25, 0.3) is 0 Å². The van der Waals surface area contributed by atoms with Crippen molar-refractivity contribution in [2.45, 2.75) is 58.0 Å². The van der Waals surface area contributed by atoms with E-state index in [0.717, 1.165) is 18.6 Å². The summed E-state index contributed by atoms with van der Waals surface area (Å²) in [6.45, 7) is 12.2. The summed E-state index contributed by atoms with van der Waals surface area (Å²) in [7, 11) is 0. The van der Waals surface area contributed by atoms with E-state index in [1.165, 1.54) is 64.8 Å². The molecule has 0 radical (unpaired) electrons. The Bertz CT molecular complexity index is 232. The Balaban J connectivity index is 1.60. The number of piperazine rings is 1. The van der Waals surface area contributed by atoms with Crippen molar-refractivity contribution in [3.05, 3.63) is 0 Å². The van der Waals surface area contributed by atoms with Crippen LogP contribution in [0.2, 0.25) is 0 Å². The van der Waals surface area contributed by atoms with Crippen molar-refractivity contribution in [3.8, 4) is 0 Å². The fourth-order valence-electron chi connectivity index (χ4n) is 3.48. The highest BCUT2D eigenvalue weighted by molar-refractivity contribution is 4.90. The maximum Gasteiger partial charge on any atom is 0.0224 e. The zero-order valence-electron chi connectivity index (χ0n) is 12.3. The SMILES string of the molecule is CCNCCCCCN1CC2CCCN2CC1C. The number of rotatable bonds is 7. The van der Waals surface area contributed by atoms with Crippen LogP contribution in [0.3, 0.4) is 0 Å². The Morgan fingerprint density at radius 2 is 2.06 bits per heavy atom. The summed E-state index contributed by atoms with van der Waals surface area (Å²) < 4.78 is 0. The first kappa shape index (κ1) is 14.3. The monoisotopic (exact) mass is 253 g/mol. The molecule has 2 atom stereocenters. The predicted molar refractivity (Wildman–Crippen MR) is 78.0 cm³/mol. The highest BCUT2D eigenvalue weighted by Gasteiger charge is 2.33. The van der Waals surface area contributed by atoms with Gasteiger partial charge in [-0.1, -0.05) is 13.3 Å². The summed E-state index contributed by atoms with van der Waals surface area (Å²) in [5.41, 5.74) is 0. The Hall–Kier alpha value is -0.120. The van der Waals surface area contributed by atoms with Crippen LogP contribution in [0, 0.1) is 0 Å². The molecule has 2 rings (SSSR count). The molecule has 2 heterocycles. The van der Waals surface area contributed by atoms with Gasteiger partial charge in [-0.2, -0.15) is 0 Å². The average Bonchev–Trinajstić information content (AvgIpc) is 2.80. The van der Waals surface area contributed by atoms with Gasteiger partial charge in [-0.15, -0.1) is 0 Å². The average molecular weight is 253 g/mol. The third-order valence-corrected chi connectivity index (χ3v) is 4.62. The van der Waals surface area contributed by atoms with Crippen molar-refractivity contribution in [1.29, 1.82) is 0 Å². The Labute approximate surface area is 113 Å². The first-order valence-corrected chi connectivity index (χ1v) is 8.00. The van der Waals surface area contributed by atoms with E-state index in [1.54, 1.807) is 0 Å². The van der Waals surface area contributed by atoms with Crippen molar-refractivity contribution >= 4 is 0 Å². The summed E-state index contributed by atoms with van der Waals surface area (Å²) in [6, 6.07) is 1.65. The van der Waals surface area contributed by atoms with E-state index in [-0.39, 0.29) is 0 Å². The third kappa shape index (κ3) is 3.94. The molecule has 0 spiro atoms. The zero-order chi connectivity index (χ0) is 12.8.